The Morgan fingerprint density at radius 3 is 2.56 bits per heavy atom. The zero-order valence-electron chi connectivity index (χ0n) is 14.1. The highest BCUT2D eigenvalue weighted by Gasteiger charge is 2.46. The second kappa shape index (κ2) is 6.67. The Labute approximate surface area is 165 Å². The van der Waals surface area contributed by atoms with Gasteiger partial charge in [-0.3, -0.25) is 4.79 Å². The van der Waals surface area contributed by atoms with E-state index in [-0.39, 0.29) is 4.21 Å². The third-order valence-electron chi connectivity index (χ3n) is 4.41. The Morgan fingerprint density at radius 2 is 1.85 bits per heavy atom. The summed E-state index contributed by atoms with van der Waals surface area (Å²) in [5.74, 6) is -0.855. The minimum absolute atomic E-state index is 0.109. The number of para-hydroxylation sites is 1. The Balaban J connectivity index is 1.94. The highest BCUT2D eigenvalue weighted by atomic mass is 35.5. The molecule has 138 valence electrons. The van der Waals surface area contributed by atoms with E-state index in [9.17, 15) is 13.2 Å². The third kappa shape index (κ3) is 2.82. The number of thiophene rings is 1. The number of methoxy groups -OCH3 is 1. The van der Waals surface area contributed by atoms with Crippen LogP contribution in [0.4, 0.5) is 5.69 Å². The normalized spacial score (nSPS) is 16.4. The van der Waals surface area contributed by atoms with Crippen LogP contribution in [0, 0.1) is 0 Å². The average Bonchev–Trinajstić information content (AvgIpc) is 3.28. The maximum Gasteiger partial charge on any atom is 0.280 e. The Hall–Kier alpha value is -2.35. The van der Waals surface area contributed by atoms with E-state index in [0.29, 0.717) is 27.6 Å². The van der Waals surface area contributed by atoms with Crippen LogP contribution in [-0.2, 0) is 14.8 Å². The molecule has 8 heteroatoms. The molecule has 27 heavy (non-hydrogen) atoms. The molecule has 1 amide bonds. The fraction of sp³-hybridized carbons (Fsp3) is 0.105. The molecule has 4 rings (SSSR count). The molecule has 1 atom stereocenters. The number of halogens is 1. The van der Waals surface area contributed by atoms with Crippen LogP contribution in [0.1, 0.15) is 17.0 Å². The Kier molecular flexibility index (Phi) is 4.46. The highest BCUT2D eigenvalue weighted by Crippen LogP contribution is 2.47. The molecule has 0 aliphatic carbocycles. The lowest BCUT2D eigenvalue weighted by Crippen LogP contribution is -2.35. The number of amides is 1. The molecule has 5 nitrogen and oxygen atoms in total. The van der Waals surface area contributed by atoms with Crippen molar-refractivity contribution in [3.05, 3.63) is 76.1 Å². The van der Waals surface area contributed by atoms with Crippen molar-refractivity contribution in [3.8, 4) is 5.75 Å². The predicted octanol–water partition coefficient (Wildman–Crippen LogP) is 4.28. The molecule has 2 aromatic carbocycles. The largest absolute Gasteiger partial charge is 0.496 e. The minimum Gasteiger partial charge on any atom is -0.496 e. The molecule has 1 unspecified atom stereocenters. The van der Waals surface area contributed by atoms with Crippen molar-refractivity contribution >= 4 is 44.6 Å². The Morgan fingerprint density at radius 1 is 1.07 bits per heavy atom. The van der Waals surface area contributed by atoms with Crippen LogP contribution in [0.3, 0.4) is 0 Å². The fourth-order valence-corrected chi connectivity index (χ4v) is 5.97. The molecule has 0 bridgehead atoms. The third-order valence-corrected chi connectivity index (χ3v) is 7.73. The van der Waals surface area contributed by atoms with Gasteiger partial charge in [-0.2, -0.15) is 8.42 Å². The quantitative estimate of drug-likeness (QED) is 0.633. The van der Waals surface area contributed by atoms with Crippen LogP contribution in [0.5, 0.6) is 5.75 Å². The van der Waals surface area contributed by atoms with E-state index in [1.54, 1.807) is 53.9 Å². The summed E-state index contributed by atoms with van der Waals surface area (Å²) in [4.78, 5) is 13.3. The minimum atomic E-state index is -4.01. The van der Waals surface area contributed by atoms with E-state index in [0.717, 1.165) is 15.6 Å². The van der Waals surface area contributed by atoms with Gasteiger partial charge in [0.2, 0.25) is 0 Å². The van der Waals surface area contributed by atoms with E-state index in [2.05, 4.69) is 0 Å². The standard InChI is InChI=1S/C19H14ClNO4S2/c1-25-16-6-3-2-5-13(16)18-14-11-12(20)8-9-15(14)21(19(18)22)27(23,24)17-7-4-10-26-17/h2-11,18H,1H3. The molecular formula is C19H14ClNO4S2. The summed E-state index contributed by atoms with van der Waals surface area (Å²) in [6, 6.07) is 15.0. The van der Waals surface area contributed by atoms with E-state index < -0.39 is 21.8 Å². The van der Waals surface area contributed by atoms with Crippen molar-refractivity contribution in [2.24, 2.45) is 0 Å². The smallest absolute Gasteiger partial charge is 0.280 e. The summed E-state index contributed by atoms with van der Waals surface area (Å²) in [7, 11) is -2.50. The van der Waals surface area contributed by atoms with Gasteiger partial charge < -0.3 is 4.74 Å². The van der Waals surface area contributed by atoms with Gasteiger partial charge in [0.1, 0.15) is 9.96 Å². The second-order valence-corrected chi connectivity index (χ2v) is 9.32. The summed E-state index contributed by atoms with van der Waals surface area (Å²) < 4.78 is 32.7. The maximum absolute atomic E-state index is 13.3. The number of ether oxygens (including phenoxy) is 1. The molecule has 0 saturated heterocycles. The molecule has 0 N–H and O–H groups in total. The average molecular weight is 420 g/mol. The van der Waals surface area contributed by atoms with E-state index in [4.69, 9.17) is 16.3 Å². The summed E-state index contributed by atoms with van der Waals surface area (Å²) in [6.07, 6.45) is 0. The lowest BCUT2D eigenvalue weighted by molar-refractivity contribution is -0.117. The summed E-state index contributed by atoms with van der Waals surface area (Å²) >= 11 is 7.22. The Bertz CT molecular complexity index is 1130. The van der Waals surface area contributed by atoms with Crippen LogP contribution in [-0.4, -0.2) is 21.4 Å². The van der Waals surface area contributed by atoms with Gasteiger partial charge >= 0.3 is 0 Å². The molecule has 0 radical (unpaired) electrons. The molecule has 0 fully saturated rings. The van der Waals surface area contributed by atoms with Crippen LogP contribution in [0.2, 0.25) is 5.02 Å². The number of sulfonamides is 1. The second-order valence-electron chi connectivity index (χ2n) is 5.92. The first-order chi connectivity index (χ1) is 12.9. The molecule has 1 aromatic heterocycles. The van der Waals surface area contributed by atoms with E-state index in [1.165, 1.54) is 13.2 Å². The maximum atomic E-state index is 13.3. The molecule has 1 aliphatic heterocycles. The van der Waals surface area contributed by atoms with Gasteiger partial charge in [-0.1, -0.05) is 35.9 Å². The van der Waals surface area contributed by atoms with Crippen LogP contribution in [0.15, 0.2) is 64.2 Å². The first kappa shape index (κ1) is 18.0. The van der Waals surface area contributed by atoms with Crippen molar-refractivity contribution < 1.29 is 17.9 Å². The summed E-state index contributed by atoms with van der Waals surface area (Å²) in [5.41, 5.74) is 1.45. The van der Waals surface area contributed by atoms with Crippen molar-refractivity contribution in [2.45, 2.75) is 10.1 Å². The lowest BCUT2D eigenvalue weighted by atomic mass is 9.92. The van der Waals surface area contributed by atoms with Crippen LogP contribution < -0.4 is 9.04 Å². The van der Waals surface area contributed by atoms with Gasteiger partial charge in [-0.15, -0.1) is 11.3 Å². The number of carbonyl (C=O) groups is 1. The number of rotatable bonds is 4. The van der Waals surface area contributed by atoms with Gasteiger partial charge in [0.05, 0.1) is 18.7 Å². The van der Waals surface area contributed by atoms with Gasteiger partial charge in [-0.25, -0.2) is 4.31 Å². The van der Waals surface area contributed by atoms with E-state index in [1.807, 2.05) is 0 Å². The van der Waals surface area contributed by atoms with Gasteiger partial charge in [0.25, 0.3) is 15.9 Å². The van der Waals surface area contributed by atoms with Crippen molar-refractivity contribution in [2.75, 3.05) is 11.4 Å². The molecule has 2 heterocycles. The predicted molar refractivity (Wildman–Crippen MR) is 105 cm³/mol. The topological polar surface area (TPSA) is 63.7 Å². The molecule has 0 saturated carbocycles. The lowest BCUT2D eigenvalue weighted by Gasteiger charge is -2.18. The summed E-state index contributed by atoms with van der Waals surface area (Å²) in [6.45, 7) is 0. The monoisotopic (exact) mass is 419 g/mol. The van der Waals surface area contributed by atoms with Gasteiger partial charge in [0.15, 0.2) is 0 Å². The zero-order chi connectivity index (χ0) is 19.2. The number of fused-ring (bicyclic) bond motifs is 1. The van der Waals surface area contributed by atoms with Crippen LogP contribution >= 0.6 is 22.9 Å². The van der Waals surface area contributed by atoms with Gasteiger partial charge in [-0.05, 0) is 41.3 Å². The molecular weight excluding hydrogens is 406 g/mol. The number of benzene rings is 2. The number of hydrogen-bond acceptors (Lipinski definition) is 5. The van der Waals surface area contributed by atoms with Crippen molar-refractivity contribution in [1.82, 2.24) is 0 Å². The number of nitrogens with zero attached hydrogens (tertiary/aromatic N) is 1. The zero-order valence-corrected chi connectivity index (χ0v) is 16.5. The van der Waals surface area contributed by atoms with Crippen molar-refractivity contribution in [1.29, 1.82) is 0 Å². The fourth-order valence-electron chi connectivity index (χ4n) is 3.26. The van der Waals surface area contributed by atoms with Gasteiger partial charge in [0, 0.05) is 10.6 Å². The molecule has 3 aromatic rings. The first-order valence-corrected chi connectivity index (χ1v) is 10.7. The number of hydrogen-bond donors (Lipinski definition) is 0. The first-order valence-electron chi connectivity index (χ1n) is 8.00. The van der Waals surface area contributed by atoms with Crippen LogP contribution in [0.25, 0.3) is 0 Å². The molecule has 0 spiro atoms. The van der Waals surface area contributed by atoms with Crippen molar-refractivity contribution in [3.63, 3.8) is 0 Å². The SMILES string of the molecule is COc1ccccc1C1C(=O)N(S(=O)(=O)c2cccs2)c2ccc(Cl)cc21. The molecule has 1 aliphatic rings. The number of anilines is 1. The highest BCUT2D eigenvalue weighted by molar-refractivity contribution is 7.95. The number of carbonyl (C=O) groups excluding carboxylic acids is 1. The summed E-state index contributed by atoms with van der Waals surface area (Å²) in [5, 5.41) is 2.09. The van der Waals surface area contributed by atoms with E-state index >= 15 is 0 Å².